The average Bonchev–Trinajstić information content (AvgIpc) is 2.84. The summed E-state index contributed by atoms with van der Waals surface area (Å²) >= 11 is 6.35. The minimum atomic E-state index is -4.38. The van der Waals surface area contributed by atoms with Gasteiger partial charge >= 0.3 is 0 Å². The Hall–Kier alpha value is -3.27. The van der Waals surface area contributed by atoms with Crippen LogP contribution >= 0.6 is 11.6 Å². The molecule has 2 aliphatic heterocycles. The Balaban J connectivity index is 1.87. The van der Waals surface area contributed by atoms with Crippen molar-refractivity contribution in [3.8, 4) is 11.8 Å². The molecule has 2 aliphatic rings. The number of benzene rings is 2. The zero-order valence-corrected chi connectivity index (χ0v) is 22.3. The first-order valence-electron chi connectivity index (χ1n) is 11.5. The summed E-state index contributed by atoms with van der Waals surface area (Å²) in [5.41, 5.74) is 0.605. The van der Waals surface area contributed by atoms with Gasteiger partial charge in [-0.15, -0.1) is 0 Å². The molecule has 1 atom stereocenters. The molecule has 10 nitrogen and oxygen atoms in total. The van der Waals surface area contributed by atoms with Gasteiger partial charge in [0.25, 0.3) is 15.9 Å². The van der Waals surface area contributed by atoms with Crippen LogP contribution in [0.5, 0.6) is 5.75 Å². The van der Waals surface area contributed by atoms with E-state index in [-0.39, 0.29) is 45.1 Å². The minimum absolute atomic E-state index is 0.0268. The van der Waals surface area contributed by atoms with Gasteiger partial charge in [-0.05, 0) is 56.0 Å². The highest BCUT2D eigenvalue weighted by atomic mass is 35.5. The fourth-order valence-electron chi connectivity index (χ4n) is 4.40. The smallest absolute Gasteiger partial charge is 0.265 e. The number of piperidine rings is 1. The number of anilines is 2. The highest BCUT2D eigenvalue weighted by Crippen LogP contribution is 2.38. The van der Waals surface area contributed by atoms with Gasteiger partial charge in [-0.3, -0.25) is 9.52 Å². The number of nitriles is 1. The summed E-state index contributed by atoms with van der Waals surface area (Å²) in [5, 5.41) is 9.73. The van der Waals surface area contributed by atoms with Crippen LogP contribution in [0.2, 0.25) is 5.02 Å². The fraction of sp³-hybridized carbons (Fsp3) is 0.333. The lowest BCUT2D eigenvalue weighted by molar-refractivity contribution is 0.0981. The lowest BCUT2D eigenvalue weighted by atomic mass is 9.97. The number of carbonyl (C=O) groups is 1. The number of halogens is 1. The maximum atomic E-state index is 13.7. The second-order valence-corrected chi connectivity index (χ2v) is 12.6. The highest BCUT2D eigenvalue weighted by Gasteiger charge is 2.29. The van der Waals surface area contributed by atoms with Crippen LogP contribution in [-0.2, 0) is 20.0 Å². The van der Waals surface area contributed by atoms with E-state index < -0.39 is 26.0 Å². The minimum Gasteiger partial charge on any atom is -0.488 e. The molecule has 2 N–H and O–H groups in total. The first-order chi connectivity index (χ1) is 17.5. The number of amides is 1. The van der Waals surface area contributed by atoms with Crippen molar-refractivity contribution >= 4 is 48.9 Å². The van der Waals surface area contributed by atoms with Crippen molar-refractivity contribution in [2.45, 2.75) is 36.6 Å². The molecule has 4 rings (SSSR count). The number of hydrogen-bond acceptors (Lipinski definition) is 8. The quantitative estimate of drug-likeness (QED) is 0.528. The molecule has 37 heavy (non-hydrogen) atoms. The van der Waals surface area contributed by atoms with Gasteiger partial charge in [0.1, 0.15) is 23.3 Å². The monoisotopic (exact) mass is 564 g/mol. The summed E-state index contributed by atoms with van der Waals surface area (Å²) in [6.07, 6.45) is 8.12. The number of nitrogens with one attached hydrogen (secondary N) is 2. The van der Waals surface area contributed by atoms with Crippen molar-refractivity contribution in [3.63, 3.8) is 0 Å². The van der Waals surface area contributed by atoms with Gasteiger partial charge in [0.05, 0.1) is 28.2 Å². The van der Waals surface area contributed by atoms with Crippen LogP contribution in [0.3, 0.4) is 0 Å². The summed E-state index contributed by atoms with van der Waals surface area (Å²) in [6.45, 7) is 0.764. The zero-order chi connectivity index (χ0) is 26.8. The molecule has 1 fully saturated rings. The molecule has 0 unspecified atom stereocenters. The second kappa shape index (κ2) is 10.6. The van der Waals surface area contributed by atoms with Crippen molar-refractivity contribution in [1.82, 2.24) is 4.72 Å². The average molecular weight is 565 g/mol. The molecule has 0 bridgehead atoms. The summed E-state index contributed by atoms with van der Waals surface area (Å²) in [5.74, 6) is -1.01. The third-order valence-electron chi connectivity index (χ3n) is 6.07. The standard InChI is InChI=1S/C24H25ClN4O6S2/c1-36(31,32)28-24(30)16-8-9-22-23(13-16)37(33,34)27-20-12-17(15-26)19(25)14-21(20)29-10-4-2-6-18(29)7-3-5-11-35-22/h3,5,8-9,12-14,18,27H,2,4,6-7,10-11H2,1H3,(H,28,30)/b5-3+/t18-/m0/s1. The molecule has 0 spiro atoms. The van der Waals surface area contributed by atoms with E-state index in [1.807, 2.05) is 16.9 Å². The van der Waals surface area contributed by atoms with E-state index in [4.69, 9.17) is 16.3 Å². The second-order valence-electron chi connectivity index (χ2n) is 8.79. The van der Waals surface area contributed by atoms with Crippen LogP contribution in [0, 0.1) is 11.3 Å². The largest absolute Gasteiger partial charge is 0.488 e. The number of sulfonamides is 2. The van der Waals surface area contributed by atoms with Crippen LogP contribution in [-0.4, -0.2) is 48.2 Å². The Morgan fingerprint density at radius 3 is 2.76 bits per heavy atom. The molecule has 2 aromatic rings. The highest BCUT2D eigenvalue weighted by molar-refractivity contribution is 7.92. The van der Waals surface area contributed by atoms with Crippen LogP contribution in [0.15, 0.2) is 47.4 Å². The molecular formula is C24H25ClN4O6S2. The van der Waals surface area contributed by atoms with Crippen molar-refractivity contribution in [1.29, 1.82) is 5.26 Å². The van der Waals surface area contributed by atoms with E-state index >= 15 is 0 Å². The van der Waals surface area contributed by atoms with E-state index in [0.717, 1.165) is 31.6 Å². The van der Waals surface area contributed by atoms with Crippen LogP contribution in [0.25, 0.3) is 0 Å². The van der Waals surface area contributed by atoms with E-state index in [2.05, 4.69) is 9.62 Å². The molecule has 0 saturated carbocycles. The molecule has 2 aromatic carbocycles. The van der Waals surface area contributed by atoms with Crippen LogP contribution in [0.4, 0.5) is 11.4 Å². The molecule has 0 aromatic heterocycles. The van der Waals surface area contributed by atoms with Crippen molar-refractivity contribution in [3.05, 3.63) is 58.6 Å². The molecule has 0 aliphatic carbocycles. The number of ether oxygens (including phenoxy) is 1. The summed E-state index contributed by atoms with van der Waals surface area (Å²) in [6, 6.07) is 8.66. The van der Waals surface area contributed by atoms with Gasteiger partial charge in [-0.1, -0.05) is 23.8 Å². The number of hydrogen-bond donors (Lipinski definition) is 2. The third-order valence-corrected chi connectivity index (χ3v) is 8.33. The topological polar surface area (TPSA) is 146 Å². The van der Waals surface area contributed by atoms with Crippen LogP contribution in [0.1, 0.15) is 41.6 Å². The molecule has 1 amide bonds. The Kier molecular flexibility index (Phi) is 7.68. The van der Waals surface area contributed by atoms with Crippen LogP contribution < -0.4 is 19.1 Å². The molecule has 2 heterocycles. The predicted octanol–water partition coefficient (Wildman–Crippen LogP) is 3.40. The molecule has 13 heteroatoms. The van der Waals surface area contributed by atoms with E-state index in [1.165, 1.54) is 18.2 Å². The Bertz CT molecular complexity index is 1520. The molecule has 196 valence electrons. The van der Waals surface area contributed by atoms with E-state index in [0.29, 0.717) is 18.7 Å². The van der Waals surface area contributed by atoms with Gasteiger partial charge in [0.15, 0.2) is 0 Å². The van der Waals surface area contributed by atoms with E-state index in [1.54, 1.807) is 12.1 Å². The Morgan fingerprint density at radius 2 is 2.03 bits per heavy atom. The van der Waals surface area contributed by atoms with Crippen molar-refractivity contribution in [2.24, 2.45) is 0 Å². The lowest BCUT2D eigenvalue weighted by Gasteiger charge is -2.38. The Morgan fingerprint density at radius 1 is 1.24 bits per heavy atom. The summed E-state index contributed by atoms with van der Waals surface area (Å²) < 4.78 is 60.5. The van der Waals surface area contributed by atoms with Gasteiger partial charge in [-0.25, -0.2) is 21.6 Å². The fourth-order valence-corrected chi connectivity index (χ4v) is 6.29. The third kappa shape index (κ3) is 6.18. The van der Waals surface area contributed by atoms with Crippen molar-refractivity contribution in [2.75, 3.05) is 29.0 Å². The number of carbonyl (C=O) groups excluding carboxylic acids is 1. The van der Waals surface area contributed by atoms with Gasteiger partial charge < -0.3 is 9.64 Å². The Labute approximate surface area is 221 Å². The van der Waals surface area contributed by atoms with Crippen molar-refractivity contribution < 1.29 is 26.4 Å². The van der Waals surface area contributed by atoms with Gasteiger partial charge in [0, 0.05) is 18.2 Å². The molecule has 1 saturated heterocycles. The van der Waals surface area contributed by atoms with Gasteiger partial charge in [-0.2, -0.15) is 5.26 Å². The zero-order valence-electron chi connectivity index (χ0n) is 19.9. The predicted molar refractivity (Wildman–Crippen MR) is 140 cm³/mol. The van der Waals surface area contributed by atoms with Gasteiger partial charge in [0.2, 0.25) is 10.0 Å². The molecule has 0 radical (unpaired) electrons. The first kappa shape index (κ1) is 26.8. The summed E-state index contributed by atoms with van der Waals surface area (Å²) in [7, 11) is -8.25. The lowest BCUT2D eigenvalue weighted by Crippen LogP contribution is -2.39. The maximum absolute atomic E-state index is 13.7. The maximum Gasteiger partial charge on any atom is 0.265 e. The summed E-state index contributed by atoms with van der Waals surface area (Å²) in [4.78, 5) is 14.2. The first-order valence-corrected chi connectivity index (χ1v) is 15.2. The normalized spacial score (nSPS) is 20.0. The van der Waals surface area contributed by atoms with E-state index in [9.17, 15) is 26.9 Å². The number of fused-ring (bicyclic) bond motifs is 4. The SMILES string of the molecule is CS(=O)(=O)NC(=O)c1ccc2c(c1)S(=O)(=O)Nc1cc(C#N)c(Cl)cc1N1CCCC[C@H]1C/C=C/CO2. The number of rotatable bonds is 2. The molecular weight excluding hydrogens is 540 g/mol. The number of nitrogens with zero attached hydrogens (tertiary/aromatic N) is 2.